The van der Waals surface area contributed by atoms with E-state index >= 15 is 0 Å². The molecule has 0 aliphatic heterocycles. The number of nitrogens with zero attached hydrogens (tertiary/aromatic N) is 2. The predicted octanol–water partition coefficient (Wildman–Crippen LogP) is 3.96. The largest absolute Gasteiger partial charge is 0.347 e. The van der Waals surface area contributed by atoms with Crippen LogP contribution in [-0.2, 0) is 6.54 Å². The highest BCUT2D eigenvalue weighted by Crippen LogP contribution is 2.21. The molecule has 3 N–H and O–H groups in total. The number of rotatable bonds is 5. The second-order valence-corrected chi connectivity index (χ2v) is 6.65. The maximum absolute atomic E-state index is 13.4. The van der Waals surface area contributed by atoms with Crippen LogP contribution in [-0.4, -0.2) is 27.0 Å². The molecule has 2 aromatic heterocycles. The summed E-state index contributed by atoms with van der Waals surface area (Å²) >= 11 is 5.78. The minimum atomic E-state index is -1.21. The van der Waals surface area contributed by atoms with Crippen molar-refractivity contribution in [2.24, 2.45) is 0 Å². The number of H-pyrrole nitrogens is 1. The van der Waals surface area contributed by atoms with Crippen LogP contribution >= 0.6 is 24.0 Å². The second-order valence-electron chi connectivity index (χ2n) is 6.24. The number of hydrogen-bond donors (Lipinski definition) is 3. The molecule has 0 radical (unpaired) electrons. The van der Waals surface area contributed by atoms with Gasteiger partial charge in [-0.05, 0) is 43.2 Å². The van der Waals surface area contributed by atoms with E-state index in [4.69, 9.17) is 11.6 Å². The van der Waals surface area contributed by atoms with Gasteiger partial charge in [0.25, 0.3) is 11.8 Å². The lowest BCUT2D eigenvalue weighted by Gasteiger charge is -2.09. The van der Waals surface area contributed by atoms with Crippen molar-refractivity contribution in [3.8, 4) is 0 Å². The van der Waals surface area contributed by atoms with Crippen LogP contribution in [0.25, 0.3) is 0 Å². The van der Waals surface area contributed by atoms with E-state index in [1.807, 2.05) is 19.9 Å². The fraction of sp³-hybridized carbons (Fsp3) is 0.158. The number of carbonyl (C=O) groups is 2. The van der Waals surface area contributed by atoms with E-state index in [2.05, 4.69) is 25.8 Å². The van der Waals surface area contributed by atoms with Gasteiger partial charge in [0.05, 0.1) is 10.6 Å². The van der Waals surface area contributed by atoms with Gasteiger partial charge in [-0.3, -0.25) is 19.7 Å². The topological polar surface area (TPSA) is 99.8 Å². The quantitative estimate of drug-likeness (QED) is 0.506. The van der Waals surface area contributed by atoms with Crippen molar-refractivity contribution < 1.29 is 18.4 Å². The summed E-state index contributed by atoms with van der Waals surface area (Å²) < 4.78 is 26.5. The molecule has 0 saturated heterocycles. The van der Waals surface area contributed by atoms with Crippen molar-refractivity contribution in [2.45, 2.75) is 20.4 Å². The molecule has 30 heavy (non-hydrogen) atoms. The van der Waals surface area contributed by atoms with E-state index in [0.29, 0.717) is 12.1 Å². The molecular weight excluding hydrogens is 439 g/mol. The lowest BCUT2D eigenvalue weighted by Crippen LogP contribution is -2.24. The monoisotopic (exact) mass is 455 g/mol. The molecule has 2 amide bonds. The number of amides is 2. The van der Waals surface area contributed by atoms with Crippen LogP contribution in [0.3, 0.4) is 0 Å². The number of benzene rings is 1. The van der Waals surface area contributed by atoms with Gasteiger partial charge < -0.3 is 10.6 Å². The van der Waals surface area contributed by atoms with Crippen LogP contribution < -0.4 is 10.6 Å². The molecule has 1 aromatic carbocycles. The van der Waals surface area contributed by atoms with Crippen molar-refractivity contribution in [1.29, 1.82) is 0 Å². The van der Waals surface area contributed by atoms with Crippen molar-refractivity contribution >= 4 is 41.6 Å². The first-order chi connectivity index (χ1) is 13.8. The molecule has 3 aromatic rings. The predicted molar refractivity (Wildman–Crippen MR) is 110 cm³/mol. The van der Waals surface area contributed by atoms with Crippen molar-refractivity contribution in [3.63, 3.8) is 0 Å². The van der Waals surface area contributed by atoms with E-state index in [9.17, 15) is 18.4 Å². The van der Waals surface area contributed by atoms with Crippen LogP contribution in [0.4, 0.5) is 14.6 Å². The Labute approximate surface area is 181 Å². The normalized spacial score (nSPS) is 10.3. The Kier molecular flexibility index (Phi) is 7.47. The maximum atomic E-state index is 13.4. The average molecular weight is 456 g/mol. The first-order valence-corrected chi connectivity index (χ1v) is 8.84. The number of pyridine rings is 1. The highest BCUT2D eigenvalue weighted by Gasteiger charge is 2.17. The summed E-state index contributed by atoms with van der Waals surface area (Å²) in [6.07, 6.45) is 1.69. The zero-order valence-corrected chi connectivity index (χ0v) is 17.4. The number of halogens is 4. The van der Waals surface area contributed by atoms with Gasteiger partial charge in [-0.15, -0.1) is 12.4 Å². The zero-order chi connectivity index (χ0) is 21.1. The molecule has 0 aliphatic carbocycles. The molecule has 158 valence electrons. The summed E-state index contributed by atoms with van der Waals surface area (Å²) in [5.41, 5.74) is 2.56. The molecule has 7 nitrogen and oxygen atoms in total. The molecular formula is C19H17Cl2F2N5O2. The van der Waals surface area contributed by atoms with Crippen LogP contribution in [0.1, 0.15) is 37.7 Å². The van der Waals surface area contributed by atoms with Crippen LogP contribution in [0.2, 0.25) is 5.02 Å². The molecule has 0 saturated carbocycles. The lowest BCUT2D eigenvalue weighted by atomic mass is 10.1. The fourth-order valence-electron chi connectivity index (χ4n) is 2.64. The second kappa shape index (κ2) is 9.64. The number of aromatic nitrogens is 3. The Morgan fingerprint density at radius 2 is 1.83 bits per heavy atom. The van der Waals surface area contributed by atoms with Crippen molar-refractivity contribution in [3.05, 3.63) is 75.2 Å². The number of anilines is 1. The maximum Gasteiger partial charge on any atom is 0.269 e. The third kappa shape index (κ3) is 5.11. The Morgan fingerprint density at radius 1 is 1.13 bits per heavy atom. The van der Waals surface area contributed by atoms with Gasteiger partial charge in [0.15, 0.2) is 17.5 Å². The minimum absolute atomic E-state index is 0. The average Bonchev–Trinajstić information content (AvgIpc) is 3.12. The Bertz CT molecular complexity index is 1080. The summed E-state index contributed by atoms with van der Waals surface area (Å²) in [7, 11) is 0. The smallest absolute Gasteiger partial charge is 0.269 e. The van der Waals surface area contributed by atoms with Gasteiger partial charge in [0.2, 0.25) is 0 Å². The molecule has 2 heterocycles. The van der Waals surface area contributed by atoms with Crippen LogP contribution in [0.5, 0.6) is 0 Å². The van der Waals surface area contributed by atoms with Crippen molar-refractivity contribution in [2.75, 3.05) is 5.32 Å². The summed E-state index contributed by atoms with van der Waals surface area (Å²) in [6.45, 7) is 4.04. The standard InChI is InChI=1S/C19H16ClF2N5O2.ClH/c1-9-3-4-23-10(2)12(9)8-24-19(29)16-7-17(27-26-16)25-18(28)11-5-14(21)15(22)6-13(11)20;/h3-7H,8H2,1-2H3,(H,24,29)(H2,25,26,27,28);1H. The van der Waals surface area contributed by atoms with Gasteiger partial charge in [-0.2, -0.15) is 5.10 Å². The number of nitrogens with one attached hydrogen (secondary N) is 3. The number of aryl methyl sites for hydroxylation is 2. The van der Waals surface area contributed by atoms with Gasteiger partial charge in [-0.1, -0.05) is 11.6 Å². The molecule has 0 bridgehead atoms. The molecule has 0 aliphatic rings. The molecule has 0 spiro atoms. The van der Waals surface area contributed by atoms with Crippen LogP contribution in [0, 0.1) is 25.5 Å². The third-order valence-corrected chi connectivity index (χ3v) is 4.56. The van der Waals surface area contributed by atoms with Crippen molar-refractivity contribution in [1.82, 2.24) is 20.5 Å². The van der Waals surface area contributed by atoms with Gasteiger partial charge in [0.1, 0.15) is 5.69 Å². The van der Waals surface area contributed by atoms with Gasteiger partial charge in [-0.25, -0.2) is 8.78 Å². The first-order valence-electron chi connectivity index (χ1n) is 8.47. The lowest BCUT2D eigenvalue weighted by molar-refractivity contribution is 0.0945. The molecule has 11 heteroatoms. The summed E-state index contributed by atoms with van der Waals surface area (Å²) in [5, 5.41) is 11.2. The number of carbonyl (C=O) groups excluding carboxylic acids is 2. The van der Waals surface area contributed by atoms with E-state index in [-0.39, 0.29) is 41.0 Å². The Hall–Kier alpha value is -3.04. The highest BCUT2D eigenvalue weighted by molar-refractivity contribution is 6.34. The van der Waals surface area contributed by atoms with Gasteiger partial charge >= 0.3 is 0 Å². The fourth-order valence-corrected chi connectivity index (χ4v) is 2.87. The molecule has 0 atom stereocenters. The summed E-state index contributed by atoms with van der Waals surface area (Å²) in [6, 6.07) is 4.55. The molecule has 3 rings (SSSR count). The zero-order valence-electron chi connectivity index (χ0n) is 15.8. The summed E-state index contributed by atoms with van der Waals surface area (Å²) in [4.78, 5) is 28.7. The third-order valence-electron chi connectivity index (χ3n) is 4.25. The van der Waals surface area contributed by atoms with E-state index < -0.39 is 23.4 Å². The Balaban J connectivity index is 0.00000320. The van der Waals surface area contributed by atoms with E-state index in [1.165, 1.54) is 6.07 Å². The van der Waals surface area contributed by atoms with E-state index in [0.717, 1.165) is 16.8 Å². The van der Waals surface area contributed by atoms with Gasteiger partial charge in [0, 0.05) is 24.5 Å². The minimum Gasteiger partial charge on any atom is -0.347 e. The SMILES string of the molecule is Cc1ccnc(C)c1CNC(=O)c1cc(NC(=O)c2cc(F)c(F)cc2Cl)n[nH]1.Cl. The number of aromatic amines is 1. The highest BCUT2D eigenvalue weighted by atomic mass is 35.5. The summed E-state index contributed by atoms with van der Waals surface area (Å²) in [5.74, 6) is -3.58. The Morgan fingerprint density at radius 3 is 2.53 bits per heavy atom. The molecule has 0 fully saturated rings. The first kappa shape index (κ1) is 23.2. The molecule has 0 unspecified atom stereocenters. The van der Waals surface area contributed by atoms with E-state index in [1.54, 1.807) is 6.20 Å². The number of hydrogen-bond acceptors (Lipinski definition) is 4. The van der Waals surface area contributed by atoms with Crippen LogP contribution in [0.15, 0.2) is 30.5 Å².